The molecule has 0 atom stereocenters. The molecule has 5 heteroatoms. The molecule has 0 saturated carbocycles. The second-order valence-electron chi connectivity index (χ2n) is 3.91. The first-order valence-corrected chi connectivity index (χ1v) is 5.24. The van der Waals surface area contributed by atoms with Crippen molar-refractivity contribution < 1.29 is 5.21 Å². The summed E-state index contributed by atoms with van der Waals surface area (Å²) in [6.07, 6.45) is 1.76. The smallest absolute Gasteiger partial charge is 0.153 e. The molecule has 0 aromatic carbocycles. The highest BCUT2D eigenvalue weighted by atomic mass is 16.4. The molecule has 0 radical (unpaired) electrons. The van der Waals surface area contributed by atoms with Gasteiger partial charge < -0.3 is 10.9 Å². The summed E-state index contributed by atoms with van der Waals surface area (Å²) in [6, 6.07) is 6.10. The fraction of sp³-hybridized carbons (Fsp3) is 0.455. The summed E-state index contributed by atoms with van der Waals surface area (Å²) in [5.74, 6) is 0.213. The van der Waals surface area contributed by atoms with Gasteiger partial charge in [0.25, 0.3) is 0 Å². The molecule has 0 aliphatic rings. The summed E-state index contributed by atoms with van der Waals surface area (Å²) in [4.78, 5) is 6.33. The molecule has 0 bridgehead atoms. The molecule has 0 amide bonds. The van der Waals surface area contributed by atoms with Crippen LogP contribution in [-0.2, 0) is 6.54 Å². The molecule has 1 rings (SSSR count). The van der Waals surface area contributed by atoms with E-state index in [2.05, 4.69) is 28.9 Å². The van der Waals surface area contributed by atoms with Crippen molar-refractivity contribution in [2.45, 2.75) is 26.4 Å². The van der Waals surface area contributed by atoms with Crippen LogP contribution in [0.1, 0.15) is 19.5 Å². The van der Waals surface area contributed by atoms with Crippen molar-refractivity contribution in [3.63, 3.8) is 0 Å². The number of pyridine rings is 1. The van der Waals surface area contributed by atoms with E-state index in [-0.39, 0.29) is 5.84 Å². The minimum absolute atomic E-state index is 0.213. The minimum Gasteiger partial charge on any atom is -0.409 e. The Kier molecular flexibility index (Phi) is 4.72. The number of rotatable bonds is 5. The Morgan fingerprint density at radius 1 is 1.56 bits per heavy atom. The molecule has 1 aromatic rings. The van der Waals surface area contributed by atoms with Gasteiger partial charge in [0.1, 0.15) is 0 Å². The van der Waals surface area contributed by atoms with Crippen LogP contribution in [-0.4, -0.2) is 33.5 Å². The lowest BCUT2D eigenvalue weighted by molar-refractivity contribution is 0.236. The van der Waals surface area contributed by atoms with E-state index in [9.17, 15) is 0 Å². The maximum absolute atomic E-state index is 8.55. The lowest BCUT2D eigenvalue weighted by Gasteiger charge is -2.25. The Morgan fingerprint density at radius 3 is 2.81 bits per heavy atom. The molecule has 5 nitrogen and oxygen atoms in total. The number of amidine groups is 1. The Balaban J connectivity index is 2.65. The highest BCUT2D eigenvalue weighted by Gasteiger charge is 2.12. The van der Waals surface area contributed by atoms with Crippen LogP contribution in [0.3, 0.4) is 0 Å². The molecule has 3 N–H and O–H groups in total. The normalized spacial score (nSPS) is 12.4. The van der Waals surface area contributed by atoms with Crippen molar-refractivity contribution in [2.24, 2.45) is 10.9 Å². The van der Waals surface area contributed by atoms with Crippen molar-refractivity contribution in [2.75, 3.05) is 6.54 Å². The van der Waals surface area contributed by atoms with Gasteiger partial charge in [0.15, 0.2) is 5.84 Å². The average molecular weight is 222 g/mol. The maximum atomic E-state index is 8.55. The van der Waals surface area contributed by atoms with E-state index in [4.69, 9.17) is 10.9 Å². The molecule has 88 valence electrons. The van der Waals surface area contributed by atoms with E-state index < -0.39 is 0 Å². The van der Waals surface area contributed by atoms with Crippen molar-refractivity contribution in [1.29, 1.82) is 0 Å². The Bertz CT molecular complexity index is 337. The first-order valence-electron chi connectivity index (χ1n) is 5.24. The van der Waals surface area contributed by atoms with E-state index >= 15 is 0 Å². The van der Waals surface area contributed by atoms with Gasteiger partial charge in [0.05, 0.1) is 12.2 Å². The number of oxime groups is 1. The molecular weight excluding hydrogens is 204 g/mol. The number of hydrogen-bond donors (Lipinski definition) is 2. The van der Waals surface area contributed by atoms with E-state index in [0.29, 0.717) is 19.1 Å². The minimum atomic E-state index is 0.213. The number of hydrogen-bond acceptors (Lipinski definition) is 4. The van der Waals surface area contributed by atoms with Gasteiger partial charge in [0.2, 0.25) is 0 Å². The Morgan fingerprint density at radius 2 is 2.31 bits per heavy atom. The van der Waals surface area contributed by atoms with E-state index in [1.165, 1.54) is 0 Å². The Labute approximate surface area is 95.6 Å². The fourth-order valence-electron chi connectivity index (χ4n) is 1.36. The molecule has 0 aliphatic carbocycles. The molecular formula is C11H18N4O. The van der Waals surface area contributed by atoms with E-state index in [1.807, 2.05) is 18.2 Å². The predicted octanol–water partition coefficient (Wildman–Crippen LogP) is 1.04. The standard InChI is InChI=1S/C11H18N4O/c1-9(2)15(8-11(12)14-16)7-10-5-3-4-6-13-10/h3-6,9,16H,7-8H2,1-2H3,(H2,12,14). The van der Waals surface area contributed by atoms with Crippen molar-refractivity contribution in [1.82, 2.24) is 9.88 Å². The van der Waals surface area contributed by atoms with Gasteiger partial charge in [-0.2, -0.15) is 0 Å². The quantitative estimate of drug-likeness (QED) is 0.338. The highest BCUT2D eigenvalue weighted by Crippen LogP contribution is 2.05. The summed E-state index contributed by atoms with van der Waals surface area (Å²) in [5.41, 5.74) is 6.48. The van der Waals surface area contributed by atoms with Gasteiger partial charge in [-0.05, 0) is 26.0 Å². The summed E-state index contributed by atoms with van der Waals surface area (Å²) >= 11 is 0. The lowest BCUT2D eigenvalue weighted by Crippen LogP contribution is -2.38. The first kappa shape index (κ1) is 12.4. The second kappa shape index (κ2) is 6.07. The first-order chi connectivity index (χ1) is 7.63. The molecule has 0 saturated heterocycles. The molecule has 0 fully saturated rings. The van der Waals surface area contributed by atoms with Gasteiger partial charge in [-0.15, -0.1) is 0 Å². The molecule has 0 aliphatic heterocycles. The fourth-order valence-corrected chi connectivity index (χ4v) is 1.36. The van der Waals surface area contributed by atoms with Crippen molar-refractivity contribution in [3.05, 3.63) is 30.1 Å². The third-order valence-corrected chi connectivity index (χ3v) is 2.32. The third-order valence-electron chi connectivity index (χ3n) is 2.32. The van der Waals surface area contributed by atoms with Crippen LogP contribution in [0.25, 0.3) is 0 Å². The van der Waals surface area contributed by atoms with Gasteiger partial charge >= 0.3 is 0 Å². The van der Waals surface area contributed by atoms with Crippen LogP contribution in [0.4, 0.5) is 0 Å². The topological polar surface area (TPSA) is 74.7 Å². The molecule has 0 spiro atoms. The predicted molar refractivity (Wildman–Crippen MR) is 63.2 cm³/mol. The van der Waals surface area contributed by atoms with Crippen LogP contribution in [0, 0.1) is 0 Å². The van der Waals surface area contributed by atoms with E-state index in [1.54, 1.807) is 6.20 Å². The number of nitrogens with two attached hydrogens (primary N) is 1. The third kappa shape index (κ3) is 3.86. The zero-order valence-corrected chi connectivity index (χ0v) is 9.67. The molecule has 1 heterocycles. The average Bonchev–Trinajstić information content (AvgIpc) is 2.29. The van der Waals surface area contributed by atoms with Gasteiger partial charge in [-0.1, -0.05) is 11.2 Å². The molecule has 1 aromatic heterocycles. The maximum Gasteiger partial charge on any atom is 0.153 e. The van der Waals surface area contributed by atoms with Crippen molar-refractivity contribution in [3.8, 4) is 0 Å². The van der Waals surface area contributed by atoms with Gasteiger partial charge in [-0.3, -0.25) is 9.88 Å². The van der Waals surface area contributed by atoms with Crippen LogP contribution in [0.2, 0.25) is 0 Å². The van der Waals surface area contributed by atoms with Gasteiger partial charge in [0, 0.05) is 18.8 Å². The van der Waals surface area contributed by atoms with Crippen molar-refractivity contribution >= 4 is 5.84 Å². The summed E-state index contributed by atoms with van der Waals surface area (Å²) in [5, 5.41) is 11.5. The highest BCUT2D eigenvalue weighted by molar-refractivity contribution is 5.81. The van der Waals surface area contributed by atoms with Crippen LogP contribution >= 0.6 is 0 Å². The van der Waals surface area contributed by atoms with Crippen LogP contribution < -0.4 is 5.73 Å². The Hall–Kier alpha value is -1.62. The number of nitrogens with zero attached hydrogens (tertiary/aromatic N) is 3. The monoisotopic (exact) mass is 222 g/mol. The summed E-state index contributed by atoms with van der Waals surface area (Å²) in [7, 11) is 0. The largest absolute Gasteiger partial charge is 0.409 e. The molecule has 0 unspecified atom stereocenters. The summed E-state index contributed by atoms with van der Waals surface area (Å²) in [6.45, 7) is 5.25. The van der Waals surface area contributed by atoms with Gasteiger partial charge in [-0.25, -0.2) is 0 Å². The summed E-state index contributed by atoms with van der Waals surface area (Å²) < 4.78 is 0. The van der Waals surface area contributed by atoms with Crippen LogP contribution in [0.15, 0.2) is 29.6 Å². The zero-order valence-electron chi connectivity index (χ0n) is 9.67. The van der Waals surface area contributed by atoms with E-state index in [0.717, 1.165) is 5.69 Å². The van der Waals surface area contributed by atoms with Crippen LogP contribution in [0.5, 0.6) is 0 Å². The molecule has 16 heavy (non-hydrogen) atoms. The lowest BCUT2D eigenvalue weighted by atomic mass is 10.2. The second-order valence-corrected chi connectivity index (χ2v) is 3.91. The SMILES string of the molecule is CC(C)N(CC(N)=NO)Cc1ccccn1. The zero-order chi connectivity index (χ0) is 12.0. The number of aromatic nitrogens is 1.